The second-order valence-electron chi connectivity index (χ2n) is 5.18. The molecular weight excluding hydrogens is 290 g/mol. The van der Waals surface area contributed by atoms with Crippen molar-refractivity contribution < 1.29 is 28.6 Å². The molecule has 0 aromatic heterocycles. The van der Waals surface area contributed by atoms with Crippen molar-refractivity contribution in [1.29, 1.82) is 0 Å². The minimum Gasteiger partial charge on any atom is -0.466 e. The van der Waals surface area contributed by atoms with Crippen molar-refractivity contribution >= 4 is 18.0 Å². The maximum absolute atomic E-state index is 12.2. The van der Waals surface area contributed by atoms with E-state index in [4.69, 9.17) is 14.2 Å². The van der Waals surface area contributed by atoms with Gasteiger partial charge in [-0.15, -0.1) is 0 Å². The summed E-state index contributed by atoms with van der Waals surface area (Å²) < 4.78 is 15.1. The van der Waals surface area contributed by atoms with Gasteiger partial charge in [0.2, 0.25) is 0 Å². The molecule has 1 fully saturated rings. The molecule has 0 aromatic carbocycles. The first-order valence-corrected chi connectivity index (χ1v) is 7.68. The zero-order chi connectivity index (χ0) is 16.9. The number of hydrogen-bond acceptors (Lipinski definition) is 6. The van der Waals surface area contributed by atoms with E-state index in [1.807, 2.05) is 0 Å². The van der Waals surface area contributed by atoms with E-state index in [1.54, 1.807) is 34.6 Å². The number of carbonyl (C=O) groups excluding carboxylic acids is 3. The highest BCUT2D eigenvalue weighted by Crippen LogP contribution is 2.37. The molecule has 0 aliphatic carbocycles. The van der Waals surface area contributed by atoms with Crippen LogP contribution in [0.5, 0.6) is 0 Å². The Labute approximate surface area is 130 Å². The van der Waals surface area contributed by atoms with Crippen molar-refractivity contribution in [3.05, 3.63) is 0 Å². The fraction of sp³-hybridized carbons (Fsp3) is 0.800. The van der Waals surface area contributed by atoms with Gasteiger partial charge in [-0.3, -0.25) is 9.69 Å². The van der Waals surface area contributed by atoms with Crippen molar-refractivity contribution in [2.45, 2.75) is 46.7 Å². The lowest BCUT2D eigenvalue weighted by Crippen LogP contribution is -2.46. The van der Waals surface area contributed by atoms with E-state index in [-0.39, 0.29) is 19.8 Å². The van der Waals surface area contributed by atoms with Gasteiger partial charge < -0.3 is 14.2 Å². The molecule has 0 spiro atoms. The monoisotopic (exact) mass is 315 g/mol. The van der Waals surface area contributed by atoms with Crippen LogP contribution in [0.4, 0.5) is 4.79 Å². The Hall–Kier alpha value is -1.79. The molecule has 0 radical (unpaired) electrons. The molecule has 1 aliphatic rings. The number of hydrogen-bond donors (Lipinski definition) is 0. The molecule has 7 nitrogen and oxygen atoms in total. The number of ether oxygens (including phenoxy) is 3. The molecule has 0 bridgehead atoms. The van der Waals surface area contributed by atoms with Crippen LogP contribution in [0, 0.1) is 11.8 Å². The van der Waals surface area contributed by atoms with Gasteiger partial charge in [-0.05, 0) is 27.7 Å². The average molecular weight is 315 g/mol. The van der Waals surface area contributed by atoms with E-state index in [1.165, 1.54) is 4.90 Å². The normalized spacial score (nSPS) is 27.4. The third-order valence-corrected chi connectivity index (χ3v) is 3.89. The molecule has 0 N–H and O–H groups in total. The molecule has 1 saturated heterocycles. The SMILES string of the molecule is CCOC(=O)[C@H]1[C@H](C)[C@H](C(=O)OCC)N(C(=O)OCC)[C@@H]1C. The molecule has 1 heterocycles. The van der Waals surface area contributed by atoms with E-state index in [0.29, 0.717) is 0 Å². The van der Waals surface area contributed by atoms with Gasteiger partial charge >= 0.3 is 18.0 Å². The average Bonchev–Trinajstić information content (AvgIpc) is 2.71. The lowest BCUT2D eigenvalue weighted by Gasteiger charge is -2.27. The highest BCUT2D eigenvalue weighted by atomic mass is 16.6. The summed E-state index contributed by atoms with van der Waals surface area (Å²) in [6.45, 7) is 9.20. The maximum Gasteiger partial charge on any atom is 0.410 e. The summed E-state index contributed by atoms with van der Waals surface area (Å²) in [5.41, 5.74) is 0. The molecule has 4 atom stereocenters. The number of rotatable bonds is 5. The molecule has 0 aromatic rings. The van der Waals surface area contributed by atoms with Crippen LogP contribution in [0.15, 0.2) is 0 Å². The predicted molar refractivity (Wildman–Crippen MR) is 78.0 cm³/mol. The molecule has 7 heteroatoms. The van der Waals surface area contributed by atoms with Crippen LogP contribution in [0.25, 0.3) is 0 Å². The third kappa shape index (κ3) is 3.51. The molecule has 1 aliphatic heterocycles. The predicted octanol–water partition coefficient (Wildman–Crippen LogP) is 1.59. The Morgan fingerprint density at radius 1 is 0.864 bits per heavy atom. The Kier molecular flexibility index (Phi) is 6.64. The number of nitrogens with zero attached hydrogens (tertiary/aromatic N) is 1. The van der Waals surface area contributed by atoms with Crippen molar-refractivity contribution in [3.8, 4) is 0 Å². The minimum absolute atomic E-state index is 0.191. The Morgan fingerprint density at radius 2 is 1.36 bits per heavy atom. The second kappa shape index (κ2) is 8.00. The van der Waals surface area contributed by atoms with Gasteiger partial charge in [0.1, 0.15) is 6.04 Å². The zero-order valence-corrected chi connectivity index (χ0v) is 13.8. The molecular formula is C15H25NO6. The quantitative estimate of drug-likeness (QED) is 0.566. The summed E-state index contributed by atoms with van der Waals surface area (Å²) in [5.74, 6) is -1.93. The van der Waals surface area contributed by atoms with E-state index >= 15 is 0 Å². The first-order chi connectivity index (χ1) is 10.4. The van der Waals surface area contributed by atoms with Crippen LogP contribution in [-0.4, -0.2) is 54.8 Å². The third-order valence-electron chi connectivity index (χ3n) is 3.89. The fourth-order valence-corrected chi connectivity index (χ4v) is 3.00. The molecule has 0 saturated carbocycles. The minimum atomic E-state index is -0.844. The highest BCUT2D eigenvalue weighted by molar-refractivity contribution is 5.86. The number of likely N-dealkylation sites (tertiary alicyclic amines) is 1. The van der Waals surface area contributed by atoms with Crippen molar-refractivity contribution in [2.75, 3.05) is 19.8 Å². The summed E-state index contributed by atoms with van der Waals surface area (Å²) in [6.07, 6.45) is -0.619. The maximum atomic E-state index is 12.2. The molecule has 22 heavy (non-hydrogen) atoms. The topological polar surface area (TPSA) is 82.1 Å². The van der Waals surface area contributed by atoms with Crippen LogP contribution in [0.3, 0.4) is 0 Å². The van der Waals surface area contributed by atoms with Gasteiger partial charge in [-0.25, -0.2) is 9.59 Å². The van der Waals surface area contributed by atoms with E-state index in [0.717, 1.165) is 0 Å². The number of carbonyl (C=O) groups is 3. The van der Waals surface area contributed by atoms with E-state index < -0.39 is 42.0 Å². The summed E-state index contributed by atoms with van der Waals surface area (Å²) in [7, 11) is 0. The Morgan fingerprint density at radius 3 is 1.86 bits per heavy atom. The van der Waals surface area contributed by atoms with Crippen LogP contribution in [-0.2, 0) is 23.8 Å². The van der Waals surface area contributed by atoms with Crippen LogP contribution < -0.4 is 0 Å². The van der Waals surface area contributed by atoms with Gasteiger partial charge in [-0.2, -0.15) is 0 Å². The molecule has 1 rings (SSSR count). The zero-order valence-electron chi connectivity index (χ0n) is 13.8. The van der Waals surface area contributed by atoms with Gasteiger partial charge in [-0.1, -0.05) is 6.92 Å². The van der Waals surface area contributed by atoms with Crippen LogP contribution in [0.1, 0.15) is 34.6 Å². The van der Waals surface area contributed by atoms with Gasteiger partial charge in [0.05, 0.1) is 25.7 Å². The van der Waals surface area contributed by atoms with Crippen molar-refractivity contribution in [2.24, 2.45) is 11.8 Å². The van der Waals surface area contributed by atoms with E-state index in [2.05, 4.69) is 0 Å². The van der Waals surface area contributed by atoms with Gasteiger partial charge in [0.15, 0.2) is 0 Å². The smallest absolute Gasteiger partial charge is 0.410 e. The summed E-state index contributed by atoms with van der Waals surface area (Å²) in [4.78, 5) is 37.9. The summed E-state index contributed by atoms with van der Waals surface area (Å²) >= 11 is 0. The fourth-order valence-electron chi connectivity index (χ4n) is 3.00. The summed E-state index contributed by atoms with van der Waals surface area (Å²) in [5, 5.41) is 0. The summed E-state index contributed by atoms with van der Waals surface area (Å²) in [6, 6.07) is -1.34. The lowest BCUT2D eigenvalue weighted by molar-refractivity contribution is -0.150. The Bertz CT molecular complexity index is 394. The number of esters is 2. The molecule has 0 unspecified atom stereocenters. The van der Waals surface area contributed by atoms with Crippen molar-refractivity contribution in [1.82, 2.24) is 4.90 Å². The van der Waals surface area contributed by atoms with Crippen LogP contribution >= 0.6 is 0 Å². The second-order valence-corrected chi connectivity index (χ2v) is 5.18. The first kappa shape index (κ1) is 18.3. The van der Waals surface area contributed by atoms with Gasteiger partial charge in [0.25, 0.3) is 0 Å². The van der Waals surface area contributed by atoms with Crippen LogP contribution in [0.2, 0.25) is 0 Å². The van der Waals surface area contributed by atoms with E-state index in [9.17, 15) is 14.4 Å². The Balaban J connectivity index is 3.10. The standard InChI is InChI=1S/C15H25NO6/c1-6-20-13(17)11-9(4)12(14(18)21-7-2)16(10(11)5)15(19)22-8-3/h9-12H,6-8H2,1-5H3/t9-,10+,11-,12+/m0/s1. The largest absolute Gasteiger partial charge is 0.466 e. The first-order valence-electron chi connectivity index (χ1n) is 7.68. The molecule has 126 valence electrons. The lowest BCUT2D eigenvalue weighted by atomic mass is 9.89. The van der Waals surface area contributed by atoms with Gasteiger partial charge in [0, 0.05) is 12.0 Å². The molecule has 1 amide bonds. The highest BCUT2D eigenvalue weighted by Gasteiger charge is 2.54. The van der Waals surface area contributed by atoms with Crippen molar-refractivity contribution in [3.63, 3.8) is 0 Å². The number of amides is 1.